The molecule has 0 spiro atoms. The third-order valence-electron chi connectivity index (χ3n) is 3.71. The van der Waals surface area contributed by atoms with E-state index in [2.05, 4.69) is 21.2 Å². The second-order valence-corrected chi connectivity index (χ2v) is 8.00. The number of phenols is 1. The number of phenolic OH excluding ortho intramolecular Hbond substituents is 1. The van der Waals surface area contributed by atoms with Gasteiger partial charge in [0.05, 0.1) is 12.2 Å². The Balaban J connectivity index is 2.10. The first-order valence-electron chi connectivity index (χ1n) is 7.97. The van der Waals surface area contributed by atoms with E-state index in [0.717, 1.165) is 0 Å². The molecule has 1 aromatic carbocycles. The number of alkyl halides is 1. The highest BCUT2D eigenvalue weighted by Gasteiger charge is 2.45. The van der Waals surface area contributed by atoms with Gasteiger partial charge in [-0.3, -0.25) is 4.79 Å². The molecule has 1 unspecified atom stereocenters. The van der Waals surface area contributed by atoms with Gasteiger partial charge in [0.1, 0.15) is 11.4 Å². The van der Waals surface area contributed by atoms with Crippen molar-refractivity contribution in [1.29, 1.82) is 0 Å². The van der Waals surface area contributed by atoms with Crippen molar-refractivity contribution in [2.24, 2.45) is 0 Å². The summed E-state index contributed by atoms with van der Waals surface area (Å²) in [6.45, 7) is 5.11. The van der Waals surface area contributed by atoms with Crippen molar-refractivity contribution < 1.29 is 23.8 Å². The Labute approximate surface area is 154 Å². The van der Waals surface area contributed by atoms with E-state index in [4.69, 9.17) is 4.74 Å². The number of ether oxygens (including phenoxy) is 1. The predicted molar refractivity (Wildman–Crippen MR) is 95.3 cm³/mol. The highest BCUT2D eigenvalue weighted by atomic mass is 79.9. The normalized spacial score (nSPS) is 20.9. The first-order chi connectivity index (χ1) is 11.5. The second-order valence-electron chi connectivity index (χ2n) is 7.09. The molecule has 1 aliphatic heterocycles. The number of hydrogen-bond donors (Lipinski definition) is 2. The van der Waals surface area contributed by atoms with Crippen molar-refractivity contribution >= 4 is 33.6 Å². The van der Waals surface area contributed by atoms with Gasteiger partial charge in [-0.1, -0.05) is 15.9 Å². The lowest BCUT2D eigenvalue weighted by molar-refractivity contribution is -0.130. The lowest BCUT2D eigenvalue weighted by Gasteiger charge is -2.37. The molecule has 0 aliphatic carbocycles. The number of benzene rings is 1. The van der Waals surface area contributed by atoms with Crippen molar-refractivity contribution in [3.05, 3.63) is 22.7 Å². The molecular weight excluding hydrogens is 395 g/mol. The maximum absolute atomic E-state index is 15.2. The van der Waals surface area contributed by atoms with Gasteiger partial charge < -0.3 is 20.1 Å². The maximum Gasteiger partial charge on any atom is 0.410 e. The van der Waals surface area contributed by atoms with Gasteiger partial charge in [-0.25, -0.2) is 9.18 Å². The Morgan fingerprint density at radius 1 is 1.40 bits per heavy atom. The van der Waals surface area contributed by atoms with Crippen molar-refractivity contribution in [2.75, 3.05) is 18.4 Å². The fourth-order valence-corrected chi connectivity index (χ4v) is 2.88. The van der Waals surface area contributed by atoms with Crippen LogP contribution in [0.5, 0.6) is 5.75 Å². The minimum Gasteiger partial charge on any atom is -0.506 e. The summed E-state index contributed by atoms with van der Waals surface area (Å²) in [5.41, 5.74) is -2.84. The Hall–Kier alpha value is -1.83. The number of halogens is 2. The molecule has 1 aliphatic rings. The quantitative estimate of drug-likeness (QED) is 0.717. The number of nitrogens with zero attached hydrogens (tertiary/aromatic N) is 1. The third kappa shape index (κ3) is 5.07. The second kappa shape index (κ2) is 7.19. The monoisotopic (exact) mass is 416 g/mol. The average Bonchev–Trinajstić information content (AvgIpc) is 2.49. The molecule has 1 aromatic rings. The molecule has 138 valence electrons. The third-order valence-corrected chi connectivity index (χ3v) is 4.20. The lowest BCUT2D eigenvalue weighted by atomic mass is 9.94. The molecule has 25 heavy (non-hydrogen) atoms. The number of rotatable bonds is 2. The Kier molecular flexibility index (Phi) is 5.61. The van der Waals surface area contributed by atoms with Crippen molar-refractivity contribution in [1.82, 2.24) is 4.90 Å². The van der Waals surface area contributed by atoms with Gasteiger partial charge in [-0.05, 0) is 51.8 Å². The smallest absolute Gasteiger partial charge is 0.410 e. The molecule has 8 heteroatoms. The van der Waals surface area contributed by atoms with Gasteiger partial charge in [0.25, 0.3) is 5.91 Å². The van der Waals surface area contributed by atoms with Crippen LogP contribution in [0.4, 0.5) is 14.9 Å². The van der Waals surface area contributed by atoms with Crippen molar-refractivity contribution in [2.45, 2.75) is 44.9 Å². The minimum atomic E-state index is -2.25. The van der Waals surface area contributed by atoms with Crippen molar-refractivity contribution in [3.8, 4) is 5.75 Å². The van der Waals surface area contributed by atoms with Gasteiger partial charge in [0, 0.05) is 11.0 Å². The minimum absolute atomic E-state index is 0.00705. The van der Waals surface area contributed by atoms with E-state index in [1.807, 2.05) is 0 Å². The van der Waals surface area contributed by atoms with Crippen molar-refractivity contribution in [3.63, 3.8) is 0 Å². The summed E-state index contributed by atoms with van der Waals surface area (Å²) < 4.78 is 21.1. The first kappa shape index (κ1) is 19.5. The summed E-state index contributed by atoms with van der Waals surface area (Å²) in [5, 5.41) is 12.2. The summed E-state index contributed by atoms with van der Waals surface area (Å²) in [6.07, 6.45) is -0.312. The molecule has 1 fully saturated rings. The highest BCUT2D eigenvalue weighted by molar-refractivity contribution is 9.10. The Bertz CT molecular complexity index is 677. The van der Waals surface area contributed by atoms with Gasteiger partial charge in [0.15, 0.2) is 0 Å². The van der Waals surface area contributed by atoms with Gasteiger partial charge >= 0.3 is 6.09 Å². The van der Waals surface area contributed by atoms with Crippen LogP contribution in [0.1, 0.15) is 33.6 Å². The molecule has 2 amide bonds. The first-order valence-corrected chi connectivity index (χ1v) is 8.76. The molecule has 2 rings (SSSR count). The molecule has 0 radical (unpaired) electrons. The largest absolute Gasteiger partial charge is 0.506 e. The molecule has 1 saturated heterocycles. The van der Waals surface area contributed by atoms with Gasteiger partial charge in [0.2, 0.25) is 5.67 Å². The predicted octanol–water partition coefficient (Wildman–Crippen LogP) is 3.83. The molecule has 2 N–H and O–H groups in total. The summed E-state index contributed by atoms with van der Waals surface area (Å²) in [5.74, 6) is -1.06. The van der Waals surface area contributed by atoms with E-state index in [0.29, 0.717) is 17.4 Å². The number of nitrogens with one attached hydrogen (secondary N) is 1. The van der Waals surface area contributed by atoms with Crippen LogP contribution < -0.4 is 5.32 Å². The number of piperidine rings is 1. The number of carbonyl (C=O) groups is 2. The van der Waals surface area contributed by atoms with Crippen LogP contribution in [0.3, 0.4) is 0 Å². The number of anilines is 1. The van der Waals surface area contributed by atoms with E-state index < -0.39 is 23.3 Å². The standard InChI is InChI=1S/C17H22BrFN2O4/c1-16(2,3)25-15(24)21-8-4-7-17(19,10-21)14(23)20-12-9-11(18)5-6-13(12)22/h5-6,9,22H,4,7-8,10H2,1-3H3,(H,20,23). The van der Waals surface area contributed by atoms with Crippen LogP contribution in [-0.4, -0.2) is 46.4 Å². The van der Waals surface area contributed by atoms with Crippen LogP contribution in [0.2, 0.25) is 0 Å². The van der Waals surface area contributed by atoms with Crippen LogP contribution >= 0.6 is 15.9 Å². The number of amides is 2. The molecule has 0 aromatic heterocycles. The fourth-order valence-electron chi connectivity index (χ4n) is 2.52. The highest BCUT2D eigenvalue weighted by Crippen LogP contribution is 2.31. The maximum atomic E-state index is 15.2. The molecule has 1 heterocycles. The van der Waals surface area contributed by atoms with Crippen LogP contribution in [0.25, 0.3) is 0 Å². The fraction of sp³-hybridized carbons (Fsp3) is 0.529. The van der Waals surface area contributed by atoms with Crippen LogP contribution in [-0.2, 0) is 9.53 Å². The van der Waals surface area contributed by atoms with E-state index in [1.165, 1.54) is 17.0 Å². The summed E-state index contributed by atoms with van der Waals surface area (Å²) in [6, 6.07) is 4.46. The summed E-state index contributed by atoms with van der Waals surface area (Å²) in [4.78, 5) is 25.8. The molecule has 1 atom stereocenters. The van der Waals surface area contributed by atoms with E-state index in [1.54, 1.807) is 26.8 Å². The number of hydrogen-bond acceptors (Lipinski definition) is 4. The molecular formula is C17H22BrFN2O4. The van der Waals surface area contributed by atoms with E-state index in [9.17, 15) is 14.7 Å². The van der Waals surface area contributed by atoms with Gasteiger partial charge in [-0.2, -0.15) is 0 Å². The van der Waals surface area contributed by atoms with Crippen LogP contribution in [0.15, 0.2) is 22.7 Å². The topological polar surface area (TPSA) is 78.9 Å². The zero-order valence-electron chi connectivity index (χ0n) is 14.4. The SMILES string of the molecule is CC(C)(C)OC(=O)N1CCCC(F)(C(=O)Nc2cc(Br)ccc2O)C1. The lowest BCUT2D eigenvalue weighted by Crippen LogP contribution is -2.54. The zero-order chi connectivity index (χ0) is 18.8. The van der Waals surface area contributed by atoms with E-state index >= 15 is 4.39 Å². The van der Waals surface area contributed by atoms with E-state index in [-0.39, 0.29) is 24.4 Å². The summed E-state index contributed by atoms with van der Waals surface area (Å²) in [7, 11) is 0. The number of aromatic hydroxyl groups is 1. The Morgan fingerprint density at radius 3 is 2.72 bits per heavy atom. The number of likely N-dealkylation sites (tertiary alicyclic amines) is 1. The average molecular weight is 417 g/mol. The number of carbonyl (C=O) groups excluding carboxylic acids is 2. The molecule has 6 nitrogen and oxygen atoms in total. The van der Waals surface area contributed by atoms with Gasteiger partial charge in [-0.15, -0.1) is 0 Å². The summed E-state index contributed by atoms with van der Waals surface area (Å²) >= 11 is 3.23. The molecule has 0 bridgehead atoms. The Morgan fingerprint density at radius 2 is 2.08 bits per heavy atom. The zero-order valence-corrected chi connectivity index (χ0v) is 16.0. The van der Waals surface area contributed by atoms with Crippen LogP contribution in [0, 0.1) is 0 Å². The molecule has 0 saturated carbocycles.